The molecule has 0 aliphatic carbocycles. The Labute approximate surface area is 148 Å². The van der Waals surface area contributed by atoms with Gasteiger partial charge in [-0.3, -0.25) is 13.9 Å². The van der Waals surface area contributed by atoms with E-state index in [4.69, 9.17) is 11.6 Å². The molecule has 1 atom stereocenters. The van der Waals surface area contributed by atoms with E-state index in [1.165, 1.54) is 11.6 Å². The van der Waals surface area contributed by atoms with Crippen molar-refractivity contribution in [1.82, 2.24) is 18.7 Å². The van der Waals surface area contributed by atoms with E-state index in [0.717, 1.165) is 16.8 Å². The molecule has 130 valence electrons. The second-order valence-corrected chi connectivity index (χ2v) is 7.03. The van der Waals surface area contributed by atoms with Gasteiger partial charge in [-0.25, -0.2) is 4.79 Å². The molecule has 2 aromatic heterocycles. The molecule has 0 spiro atoms. The Kier molecular flexibility index (Phi) is 3.50. The third-order valence-corrected chi connectivity index (χ3v) is 4.95. The van der Waals surface area contributed by atoms with E-state index in [9.17, 15) is 9.59 Å². The molecule has 0 saturated carbocycles. The topological polar surface area (TPSA) is 65.1 Å². The number of rotatable bonds is 1. The highest BCUT2D eigenvalue weighted by Crippen LogP contribution is 2.33. The fraction of sp³-hybridized carbons (Fsp3) is 0.353. The molecule has 1 aliphatic rings. The number of anilines is 2. The summed E-state index contributed by atoms with van der Waals surface area (Å²) in [5, 5.41) is 0.665. The average molecular weight is 360 g/mol. The number of nitrogens with zero attached hydrogens (tertiary/aromatic N) is 5. The van der Waals surface area contributed by atoms with Crippen LogP contribution in [0.15, 0.2) is 33.9 Å². The highest BCUT2D eigenvalue weighted by atomic mass is 35.5. The third-order valence-electron chi connectivity index (χ3n) is 4.70. The summed E-state index contributed by atoms with van der Waals surface area (Å²) in [6, 6.07) is 7.53. The quantitative estimate of drug-likeness (QED) is 0.665. The Morgan fingerprint density at radius 1 is 1.08 bits per heavy atom. The SMILES string of the molecule is CC1CN(c2ccc(Cl)cc2)c2nc3c(c(=O)n(C)c(=O)n3C)n2C1. The van der Waals surface area contributed by atoms with Crippen LogP contribution in [0.4, 0.5) is 11.6 Å². The van der Waals surface area contributed by atoms with Gasteiger partial charge in [-0.2, -0.15) is 4.98 Å². The van der Waals surface area contributed by atoms with Gasteiger partial charge in [0, 0.05) is 37.9 Å². The first-order chi connectivity index (χ1) is 11.9. The lowest BCUT2D eigenvalue weighted by molar-refractivity contribution is 0.458. The molecule has 0 radical (unpaired) electrons. The van der Waals surface area contributed by atoms with Crippen LogP contribution in [-0.2, 0) is 20.6 Å². The average Bonchev–Trinajstić information content (AvgIpc) is 2.97. The third kappa shape index (κ3) is 2.30. The van der Waals surface area contributed by atoms with E-state index in [1.54, 1.807) is 7.05 Å². The van der Waals surface area contributed by atoms with E-state index in [-0.39, 0.29) is 11.2 Å². The van der Waals surface area contributed by atoms with E-state index >= 15 is 0 Å². The maximum atomic E-state index is 12.7. The van der Waals surface area contributed by atoms with Gasteiger partial charge >= 0.3 is 5.69 Å². The Morgan fingerprint density at radius 2 is 1.76 bits per heavy atom. The number of halogens is 1. The first kappa shape index (κ1) is 16.0. The van der Waals surface area contributed by atoms with Crippen LogP contribution in [0.1, 0.15) is 6.92 Å². The molecule has 8 heteroatoms. The molecule has 1 aromatic carbocycles. The summed E-state index contributed by atoms with van der Waals surface area (Å²) in [7, 11) is 3.13. The highest BCUT2D eigenvalue weighted by Gasteiger charge is 2.29. The monoisotopic (exact) mass is 359 g/mol. The number of fused-ring (bicyclic) bond motifs is 3. The van der Waals surface area contributed by atoms with Crippen molar-refractivity contribution >= 4 is 34.4 Å². The Balaban J connectivity index is 2.03. The Hall–Kier alpha value is -2.54. The van der Waals surface area contributed by atoms with E-state index in [2.05, 4.69) is 16.8 Å². The number of imidazole rings is 1. The van der Waals surface area contributed by atoms with Crippen molar-refractivity contribution in [3.8, 4) is 0 Å². The lowest BCUT2D eigenvalue weighted by Gasteiger charge is -2.32. The molecule has 3 heterocycles. The van der Waals surface area contributed by atoms with Crippen molar-refractivity contribution in [3.63, 3.8) is 0 Å². The molecule has 0 amide bonds. The van der Waals surface area contributed by atoms with Crippen LogP contribution in [0, 0.1) is 5.92 Å². The summed E-state index contributed by atoms with van der Waals surface area (Å²) in [5.74, 6) is 0.997. The highest BCUT2D eigenvalue weighted by molar-refractivity contribution is 6.30. The van der Waals surface area contributed by atoms with Gasteiger partial charge in [-0.1, -0.05) is 18.5 Å². The summed E-state index contributed by atoms with van der Waals surface area (Å²) in [6.45, 7) is 3.59. The molecule has 0 fully saturated rings. The fourth-order valence-corrected chi connectivity index (χ4v) is 3.54. The standard InChI is InChI=1S/C17H18ClN5O2/c1-10-8-22(12-6-4-11(18)5-7-12)16-19-14-13(23(16)9-10)15(24)21(3)17(25)20(14)2/h4-7,10H,8-9H2,1-3H3. The first-order valence-electron chi connectivity index (χ1n) is 8.08. The fourth-order valence-electron chi connectivity index (χ4n) is 3.42. The minimum Gasteiger partial charge on any atom is -0.312 e. The van der Waals surface area contributed by atoms with Crippen LogP contribution in [0.3, 0.4) is 0 Å². The molecule has 25 heavy (non-hydrogen) atoms. The summed E-state index contributed by atoms with van der Waals surface area (Å²) in [4.78, 5) is 31.6. The van der Waals surface area contributed by atoms with Crippen LogP contribution in [-0.4, -0.2) is 25.2 Å². The van der Waals surface area contributed by atoms with E-state index in [1.807, 2.05) is 28.8 Å². The Bertz CT molecular complexity index is 1090. The normalized spacial score (nSPS) is 17.1. The van der Waals surface area contributed by atoms with Crippen LogP contribution < -0.4 is 16.1 Å². The summed E-state index contributed by atoms with van der Waals surface area (Å²) >= 11 is 6.00. The molecule has 4 rings (SSSR count). The van der Waals surface area contributed by atoms with Crippen molar-refractivity contribution in [2.45, 2.75) is 13.5 Å². The summed E-state index contributed by atoms with van der Waals surface area (Å²) < 4.78 is 4.47. The minimum atomic E-state index is -0.376. The van der Waals surface area contributed by atoms with Gasteiger partial charge in [-0.05, 0) is 30.2 Å². The number of aromatic nitrogens is 4. The first-order valence-corrected chi connectivity index (χ1v) is 8.45. The zero-order valence-corrected chi connectivity index (χ0v) is 15.0. The largest absolute Gasteiger partial charge is 0.332 e. The van der Waals surface area contributed by atoms with Crippen LogP contribution >= 0.6 is 11.6 Å². The molecule has 3 aromatic rings. The molecule has 7 nitrogen and oxygen atoms in total. The second-order valence-electron chi connectivity index (χ2n) is 6.59. The van der Waals surface area contributed by atoms with Gasteiger partial charge in [0.05, 0.1) is 0 Å². The van der Waals surface area contributed by atoms with Gasteiger partial charge in [0.2, 0.25) is 5.95 Å². The molecule has 0 bridgehead atoms. The molecule has 1 aliphatic heterocycles. The number of hydrogen-bond donors (Lipinski definition) is 0. The van der Waals surface area contributed by atoms with Crippen molar-refractivity contribution in [1.29, 1.82) is 0 Å². The maximum absolute atomic E-state index is 12.7. The van der Waals surface area contributed by atoms with E-state index in [0.29, 0.717) is 34.6 Å². The van der Waals surface area contributed by atoms with Crippen LogP contribution in [0.25, 0.3) is 11.2 Å². The van der Waals surface area contributed by atoms with Crippen LogP contribution in [0.5, 0.6) is 0 Å². The number of hydrogen-bond acceptors (Lipinski definition) is 4. The zero-order chi connectivity index (χ0) is 17.9. The van der Waals surface area contributed by atoms with Crippen molar-refractivity contribution in [2.75, 3.05) is 11.4 Å². The predicted molar refractivity (Wildman–Crippen MR) is 97.8 cm³/mol. The Morgan fingerprint density at radius 3 is 2.44 bits per heavy atom. The summed E-state index contributed by atoms with van der Waals surface area (Å²) in [5.41, 5.74) is 1.14. The molecular formula is C17H18ClN5O2. The van der Waals surface area contributed by atoms with Crippen molar-refractivity contribution in [2.24, 2.45) is 20.0 Å². The second kappa shape index (κ2) is 5.49. The van der Waals surface area contributed by atoms with Crippen LogP contribution in [0.2, 0.25) is 5.02 Å². The van der Waals surface area contributed by atoms with Gasteiger partial charge in [0.25, 0.3) is 5.56 Å². The van der Waals surface area contributed by atoms with Gasteiger partial charge in [0.15, 0.2) is 11.2 Å². The smallest absolute Gasteiger partial charge is 0.312 e. The molecule has 0 saturated heterocycles. The van der Waals surface area contributed by atoms with E-state index < -0.39 is 0 Å². The maximum Gasteiger partial charge on any atom is 0.332 e. The lowest BCUT2D eigenvalue weighted by atomic mass is 10.1. The van der Waals surface area contributed by atoms with Gasteiger partial charge in [-0.15, -0.1) is 0 Å². The molecular weight excluding hydrogens is 342 g/mol. The molecule has 1 unspecified atom stereocenters. The zero-order valence-electron chi connectivity index (χ0n) is 14.2. The molecule has 0 N–H and O–H groups in total. The minimum absolute atomic E-state index is 0.318. The van der Waals surface area contributed by atoms with Crippen molar-refractivity contribution < 1.29 is 0 Å². The van der Waals surface area contributed by atoms with Crippen molar-refractivity contribution in [3.05, 3.63) is 50.1 Å². The number of aryl methyl sites for hydroxylation is 1. The lowest BCUT2D eigenvalue weighted by Crippen LogP contribution is -2.38. The predicted octanol–water partition coefficient (Wildman–Crippen LogP) is 1.87. The van der Waals surface area contributed by atoms with Gasteiger partial charge < -0.3 is 9.47 Å². The van der Waals surface area contributed by atoms with Gasteiger partial charge in [0.1, 0.15) is 0 Å². The summed E-state index contributed by atoms with van der Waals surface area (Å²) in [6.07, 6.45) is 0. The number of benzene rings is 1.